The standard InChI is InChI=1S/C11H16N2O/c1-7-13-10(6-14-7)11(12)8-4-2-3-5-9(8)11/h6,8-9H,2-5,12H2,1H3. The van der Waals surface area contributed by atoms with E-state index in [1.54, 1.807) is 6.26 Å². The Morgan fingerprint density at radius 2 is 2.07 bits per heavy atom. The first kappa shape index (κ1) is 8.48. The monoisotopic (exact) mass is 192 g/mol. The van der Waals surface area contributed by atoms with E-state index in [-0.39, 0.29) is 5.54 Å². The lowest BCUT2D eigenvalue weighted by atomic mass is 10.0. The van der Waals surface area contributed by atoms with Crippen molar-refractivity contribution in [2.75, 3.05) is 0 Å². The van der Waals surface area contributed by atoms with Gasteiger partial charge >= 0.3 is 0 Å². The molecule has 2 fully saturated rings. The van der Waals surface area contributed by atoms with Crippen LogP contribution >= 0.6 is 0 Å². The van der Waals surface area contributed by atoms with Gasteiger partial charge in [0, 0.05) is 6.92 Å². The van der Waals surface area contributed by atoms with Crippen LogP contribution in [0.5, 0.6) is 0 Å². The van der Waals surface area contributed by atoms with Crippen LogP contribution in [0.2, 0.25) is 0 Å². The van der Waals surface area contributed by atoms with Crippen molar-refractivity contribution < 1.29 is 4.42 Å². The number of hydrogen-bond donors (Lipinski definition) is 1. The lowest BCUT2D eigenvalue weighted by Gasteiger charge is -2.05. The van der Waals surface area contributed by atoms with Gasteiger partial charge in [-0.3, -0.25) is 0 Å². The minimum atomic E-state index is -0.145. The van der Waals surface area contributed by atoms with Gasteiger partial charge in [0.2, 0.25) is 0 Å². The number of aromatic nitrogens is 1. The molecule has 0 spiro atoms. The van der Waals surface area contributed by atoms with Gasteiger partial charge in [-0.2, -0.15) is 0 Å². The molecule has 76 valence electrons. The van der Waals surface area contributed by atoms with Crippen molar-refractivity contribution >= 4 is 0 Å². The molecule has 2 atom stereocenters. The fraction of sp³-hybridized carbons (Fsp3) is 0.727. The molecule has 0 aromatic carbocycles. The molecule has 0 amide bonds. The lowest BCUT2D eigenvalue weighted by Crippen LogP contribution is -2.24. The molecule has 3 nitrogen and oxygen atoms in total. The highest BCUT2D eigenvalue weighted by molar-refractivity contribution is 5.28. The van der Waals surface area contributed by atoms with Crippen LogP contribution in [0.15, 0.2) is 10.7 Å². The van der Waals surface area contributed by atoms with Crippen LogP contribution in [-0.2, 0) is 5.54 Å². The number of nitrogens with zero attached hydrogens (tertiary/aromatic N) is 1. The maximum atomic E-state index is 6.41. The Morgan fingerprint density at radius 3 is 2.57 bits per heavy atom. The van der Waals surface area contributed by atoms with Crippen molar-refractivity contribution in [2.45, 2.75) is 38.1 Å². The highest BCUT2D eigenvalue weighted by atomic mass is 16.3. The average molecular weight is 192 g/mol. The summed E-state index contributed by atoms with van der Waals surface area (Å²) in [5.74, 6) is 2.06. The molecule has 3 heteroatoms. The van der Waals surface area contributed by atoms with Gasteiger partial charge in [0.15, 0.2) is 5.89 Å². The molecule has 1 aromatic rings. The zero-order chi connectivity index (χ0) is 9.76. The Morgan fingerprint density at radius 1 is 1.43 bits per heavy atom. The zero-order valence-electron chi connectivity index (χ0n) is 8.49. The SMILES string of the molecule is Cc1nc(C2(N)C3CCCCC32)co1. The van der Waals surface area contributed by atoms with Gasteiger partial charge in [0.25, 0.3) is 0 Å². The van der Waals surface area contributed by atoms with Crippen LogP contribution in [-0.4, -0.2) is 4.98 Å². The molecule has 1 heterocycles. The first-order chi connectivity index (χ1) is 6.73. The maximum absolute atomic E-state index is 6.41. The van der Waals surface area contributed by atoms with Gasteiger partial charge < -0.3 is 10.2 Å². The molecule has 2 N–H and O–H groups in total. The van der Waals surface area contributed by atoms with Crippen LogP contribution in [0, 0.1) is 18.8 Å². The molecule has 2 saturated carbocycles. The van der Waals surface area contributed by atoms with Gasteiger partial charge in [-0.15, -0.1) is 0 Å². The molecule has 2 unspecified atom stereocenters. The second kappa shape index (κ2) is 2.60. The fourth-order valence-corrected chi connectivity index (χ4v) is 3.11. The number of fused-ring (bicyclic) bond motifs is 1. The molecule has 2 aliphatic rings. The first-order valence-electron chi connectivity index (χ1n) is 5.44. The lowest BCUT2D eigenvalue weighted by molar-refractivity contribution is 0.480. The summed E-state index contributed by atoms with van der Waals surface area (Å²) >= 11 is 0. The van der Waals surface area contributed by atoms with Gasteiger partial charge in [0.1, 0.15) is 6.26 Å². The summed E-state index contributed by atoms with van der Waals surface area (Å²) in [5, 5.41) is 0. The first-order valence-corrected chi connectivity index (χ1v) is 5.44. The molecule has 1 aromatic heterocycles. The zero-order valence-corrected chi connectivity index (χ0v) is 8.49. The molecule has 0 radical (unpaired) electrons. The molecular weight excluding hydrogens is 176 g/mol. The smallest absolute Gasteiger partial charge is 0.191 e. The minimum Gasteiger partial charge on any atom is -0.449 e. The fourth-order valence-electron chi connectivity index (χ4n) is 3.11. The normalized spacial score (nSPS) is 40.7. The Labute approximate surface area is 83.7 Å². The van der Waals surface area contributed by atoms with E-state index in [1.165, 1.54) is 25.7 Å². The van der Waals surface area contributed by atoms with E-state index in [0.29, 0.717) is 11.8 Å². The Bertz CT molecular complexity index is 346. The Balaban J connectivity index is 1.92. The van der Waals surface area contributed by atoms with Crippen molar-refractivity contribution in [3.05, 3.63) is 17.8 Å². The third-order valence-electron chi connectivity index (χ3n) is 3.95. The topological polar surface area (TPSA) is 52.0 Å². The molecule has 0 bridgehead atoms. The second-order valence-corrected chi connectivity index (χ2v) is 4.68. The van der Waals surface area contributed by atoms with E-state index in [2.05, 4.69) is 4.98 Å². The third kappa shape index (κ3) is 0.934. The highest BCUT2D eigenvalue weighted by Crippen LogP contribution is 2.62. The molecular formula is C11H16N2O. The van der Waals surface area contributed by atoms with E-state index in [4.69, 9.17) is 10.2 Å². The van der Waals surface area contributed by atoms with E-state index in [1.807, 2.05) is 6.92 Å². The van der Waals surface area contributed by atoms with E-state index in [9.17, 15) is 0 Å². The molecule has 2 aliphatic carbocycles. The summed E-state index contributed by atoms with van der Waals surface area (Å²) in [4.78, 5) is 4.38. The number of nitrogens with two attached hydrogens (primary N) is 1. The third-order valence-corrected chi connectivity index (χ3v) is 3.95. The summed E-state index contributed by atoms with van der Waals surface area (Å²) in [6, 6.07) is 0. The Kier molecular flexibility index (Phi) is 1.57. The summed E-state index contributed by atoms with van der Waals surface area (Å²) in [6.45, 7) is 1.87. The summed E-state index contributed by atoms with van der Waals surface area (Å²) < 4.78 is 5.25. The van der Waals surface area contributed by atoms with Crippen LogP contribution in [0.4, 0.5) is 0 Å². The van der Waals surface area contributed by atoms with Crippen molar-refractivity contribution in [1.82, 2.24) is 4.98 Å². The van der Waals surface area contributed by atoms with Gasteiger partial charge in [0.05, 0.1) is 11.2 Å². The molecule has 0 saturated heterocycles. The van der Waals surface area contributed by atoms with Crippen molar-refractivity contribution in [1.29, 1.82) is 0 Å². The largest absolute Gasteiger partial charge is 0.449 e. The molecule has 3 rings (SSSR count). The predicted octanol–water partition coefficient (Wildman–Crippen LogP) is 1.96. The summed E-state index contributed by atoms with van der Waals surface area (Å²) in [5.41, 5.74) is 7.24. The number of aryl methyl sites for hydroxylation is 1. The quantitative estimate of drug-likeness (QED) is 0.740. The molecule has 0 aliphatic heterocycles. The van der Waals surface area contributed by atoms with Crippen LogP contribution in [0.1, 0.15) is 37.3 Å². The minimum absolute atomic E-state index is 0.145. The van der Waals surface area contributed by atoms with Crippen LogP contribution in [0.25, 0.3) is 0 Å². The number of oxazole rings is 1. The van der Waals surface area contributed by atoms with Crippen LogP contribution < -0.4 is 5.73 Å². The van der Waals surface area contributed by atoms with Gasteiger partial charge in [-0.25, -0.2) is 4.98 Å². The van der Waals surface area contributed by atoms with Crippen molar-refractivity contribution in [2.24, 2.45) is 17.6 Å². The van der Waals surface area contributed by atoms with Crippen molar-refractivity contribution in [3.8, 4) is 0 Å². The van der Waals surface area contributed by atoms with Gasteiger partial charge in [-0.1, -0.05) is 12.8 Å². The number of hydrogen-bond acceptors (Lipinski definition) is 3. The highest BCUT2D eigenvalue weighted by Gasteiger charge is 2.64. The maximum Gasteiger partial charge on any atom is 0.191 e. The average Bonchev–Trinajstić information content (AvgIpc) is 2.57. The van der Waals surface area contributed by atoms with Gasteiger partial charge in [-0.05, 0) is 24.7 Å². The summed E-state index contributed by atoms with van der Waals surface area (Å²) in [6.07, 6.45) is 6.95. The van der Waals surface area contributed by atoms with Crippen LogP contribution in [0.3, 0.4) is 0 Å². The van der Waals surface area contributed by atoms with E-state index in [0.717, 1.165) is 11.6 Å². The number of rotatable bonds is 1. The van der Waals surface area contributed by atoms with Crippen molar-refractivity contribution in [3.63, 3.8) is 0 Å². The summed E-state index contributed by atoms with van der Waals surface area (Å²) in [7, 11) is 0. The molecule has 14 heavy (non-hydrogen) atoms. The van der Waals surface area contributed by atoms with E-state index < -0.39 is 0 Å². The second-order valence-electron chi connectivity index (χ2n) is 4.68. The predicted molar refractivity (Wildman–Crippen MR) is 52.6 cm³/mol. The van der Waals surface area contributed by atoms with E-state index >= 15 is 0 Å². The Hall–Kier alpha value is -0.830.